The molecule has 0 aromatic heterocycles. The Hall–Kier alpha value is 0.150. The van der Waals surface area contributed by atoms with Crippen LogP contribution in [0.5, 0.6) is 0 Å². The molecule has 0 spiro atoms. The molecular formula is C7H14OS. The van der Waals surface area contributed by atoms with Crippen molar-refractivity contribution in [1.82, 2.24) is 0 Å². The molecule has 1 aliphatic rings. The Bertz CT molecular complexity index is 122. The van der Waals surface area contributed by atoms with Gasteiger partial charge >= 0.3 is 0 Å². The molecule has 0 radical (unpaired) electrons. The van der Waals surface area contributed by atoms with Crippen LogP contribution in [0.2, 0.25) is 0 Å². The summed E-state index contributed by atoms with van der Waals surface area (Å²) in [5, 5.41) is 0. The fourth-order valence-electron chi connectivity index (χ4n) is 1.42. The zero-order valence-corrected chi connectivity index (χ0v) is 6.91. The molecule has 0 aromatic carbocycles. The maximum absolute atomic E-state index is 10.9. The largest absolute Gasteiger partial charge is 0.260 e. The van der Waals surface area contributed by atoms with E-state index >= 15 is 0 Å². The third kappa shape index (κ3) is 1.54. The van der Waals surface area contributed by atoms with E-state index in [0.29, 0.717) is 5.92 Å². The van der Waals surface area contributed by atoms with Gasteiger partial charge in [0.25, 0.3) is 0 Å². The Labute approximate surface area is 59.3 Å². The summed E-state index contributed by atoms with van der Waals surface area (Å²) in [7, 11) is -0.483. The molecule has 0 amide bonds. The Balaban J connectivity index is 2.47. The van der Waals surface area contributed by atoms with E-state index in [1.54, 1.807) is 0 Å². The molecule has 2 heteroatoms. The first kappa shape index (κ1) is 7.26. The fraction of sp³-hybridized carbons (Fsp3) is 1.00. The van der Waals surface area contributed by atoms with Gasteiger partial charge in [0.2, 0.25) is 0 Å². The first-order valence-electron chi connectivity index (χ1n) is 3.59. The van der Waals surface area contributed by atoms with Crippen LogP contribution in [0.1, 0.15) is 20.3 Å². The van der Waals surface area contributed by atoms with Gasteiger partial charge in [0.05, 0.1) is 0 Å². The van der Waals surface area contributed by atoms with E-state index in [-0.39, 0.29) is 0 Å². The smallest absolute Gasteiger partial charge is 0.0266 e. The predicted molar refractivity (Wildman–Crippen MR) is 40.8 cm³/mol. The minimum atomic E-state index is -0.483. The van der Waals surface area contributed by atoms with E-state index in [0.717, 1.165) is 17.4 Å². The molecule has 1 fully saturated rings. The molecule has 1 saturated heterocycles. The molecule has 3 atom stereocenters. The van der Waals surface area contributed by atoms with Gasteiger partial charge < -0.3 is 0 Å². The lowest BCUT2D eigenvalue weighted by molar-refractivity contribution is 0.440. The first-order chi connectivity index (χ1) is 4.24. The molecule has 0 saturated carbocycles. The summed E-state index contributed by atoms with van der Waals surface area (Å²) in [5.41, 5.74) is 0. The molecule has 0 N–H and O–H groups in total. The highest BCUT2D eigenvalue weighted by molar-refractivity contribution is 7.85. The Morgan fingerprint density at radius 1 is 1.56 bits per heavy atom. The zero-order valence-electron chi connectivity index (χ0n) is 6.09. The molecule has 3 unspecified atom stereocenters. The second-order valence-electron chi connectivity index (χ2n) is 2.92. The van der Waals surface area contributed by atoms with Gasteiger partial charge in [0, 0.05) is 22.3 Å². The second kappa shape index (κ2) is 2.82. The van der Waals surface area contributed by atoms with E-state index in [9.17, 15) is 4.21 Å². The second-order valence-corrected chi connectivity index (χ2v) is 4.47. The van der Waals surface area contributed by atoms with E-state index in [1.165, 1.54) is 6.42 Å². The molecule has 54 valence electrons. The Morgan fingerprint density at radius 3 is 2.44 bits per heavy atom. The minimum absolute atomic E-state index is 0.483. The van der Waals surface area contributed by atoms with Crippen LogP contribution in [0.25, 0.3) is 0 Å². The normalized spacial score (nSPS) is 43.6. The standard InChI is InChI=1S/C7H14OS/c1-3-7-5-9(8)4-6(7)2/h6-7H,3-5H2,1-2H3. The summed E-state index contributed by atoms with van der Waals surface area (Å²) in [4.78, 5) is 0. The van der Waals surface area contributed by atoms with Gasteiger partial charge in [-0.3, -0.25) is 4.21 Å². The van der Waals surface area contributed by atoms with Crippen molar-refractivity contribution in [3.05, 3.63) is 0 Å². The van der Waals surface area contributed by atoms with Crippen molar-refractivity contribution in [2.45, 2.75) is 20.3 Å². The minimum Gasteiger partial charge on any atom is -0.260 e. The van der Waals surface area contributed by atoms with E-state index in [2.05, 4.69) is 13.8 Å². The number of hydrogen-bond donors (Lipinski definition) is 0. The van der Waals surface area contributed by atoms with E-state index in [1.807, 2.05) is 0 Å². The van der Waals surface area contributed by atoms with Crippen LogP contribution in [0.15, 0.2) is 0 Å². The summed E-state index contributed by atoms with van der Waals surface area (Å²) in [6.07, 6.45) is 1.20. The number of hydrogen-bond acceptors (Lipinski definition) is 1. The van der Waals surface area contributed by atoms with Crippen LogP contribution < -0.4 is 0 Å². The summed E-state index contributed by atoms with van der Waals surface area (Å²) in [5.74, 6) is 3.34. The van der Waals surface area contributed by atoms with Gasteiger partial charge in [-0.2, -0.15) is 0 Å². The van der Waals surface area contributed by atoms with Gasteiger partial charge in [-0.15, -0.1) is 0 Å². The summed E-state index contributed by atoms with van der Waals surface area (Å²) in [6.45, 7) is 4.39. The van der Waals surface area contributed by atoms with Crippen LogP contribution in [0, 0.1) is 11.8 Å². The fourth-order valence-corrected chi connectivity index (χ4v) is 3.46. The third-order valence-corrected chi connectivity index (χ3v) is 3.88. The summed E-state index contributed by atoms with van der Waals surface area (Å²) >= 11 is 0. The van der Waals surface area contributed by atoms with Crippen molar-refractivity contribution in [3.8, 4) is 0 Å². The van der Waals surface area contributed by atoms with Gasteiger partial charge in [-0.05, 0) is 11.8 Å². The lowest BCUT2D eigenvalue weighted by Crippen LogP contribution is -2.06. The first-order valence-corrected chi connectivity index (χ1v) is 5.07. The summed E-state index contributed by atoms with van der Waals surface area (Å²) in [6, 6.07) is 0. The third-order valence-electron chi connectivity index (χ3n) is 2.18. The van der Waals surface area contributed by atoms with Gasteiger partial charge in [-0.25, -0.2) is 0 Å². The summed E-state index contributed by atoms with van der Waals surface area (Å²) < 4.78 is 10.9. The van der Waals surface area contributed by atoms with Crippen molar-refractivity contribution in [3.63, 3.8) is 0 Å². The number of rotatable bonds is 1. The highest BCUT2D eigenvalue weighted by Gasteiger charge is 2.26. The molecule has 0 bridgehead atoms. The monoisotopic (exact) mass is 146 g/mol. The quantitative estimate of drug-likeness (QED) is 0.546. The van der Waals surface area contributed by atoms with Crippen molar-refractivity contribution < 1.29 is 4.21 Å². The predicted octanol–water partition coefficient (Wildman–Crippen LogP) is 1.41. The van der Waals surface area contributed by atoms with Gasteiger partial charge in [0.1, 0.15) is 0 Å². The molecular weight excluding hydrogens is 132 g/mol. The lowest BCUT2D eigenvalue weighted by Gasteiger charge is -2.08. The van der Waals surface area contributed by atoms with E-state index < -0.39 is 10.8 Å². The van der Waals surface area contributed by atoms with Crippen LogP contribution >= 0.6 is 0 Å². The van der Waals surface area contributed by atoms with Crippen molar-refractivity contribution in [2.24, 2.45) is 11.8 Å². The molecule has 0 aromatic rings. The van der Waals surface area contributed by atoms with Gasteiger partial charge in [0.15, 0.2) is 0 Å². The zero-order chi connectivity index (χ0) is 6.85. The van der Waals surface area contributed by atoms with E-state index in [4.69, 9.17) is 0 Å². The van der Waals surface area contributed by atoms with Crippen LogP contribution in [-0.2, 0) is 10.8 Å². The molecule has 9 heavy (non-hydrogen) atoms. The molecule has 1 aliphatic heterocycles. The molecule has 1 heterocycles. The average Bonchev–Trinajstić information content (AvgIpc) is 2.10. The average molecular weight is 146 g/mol. The molecule has 0 aliphatic carbocycles. The highest BCUT2D eigenvalue weighted by atomic mass is 32.2. The molecule has 1 nitrogen and oxygen atoms in total. The Kier molecular flexibility index (Phi) is 2.28. The topological polar surface area (TPSA) is 17.1 Å². The van der Waals surface area contributed by atoms with Crippen LogP contribution in [-0.4, -0.2) is 15.7 Å². The van der Waals surface area contributed by atoms with Crippen molar-refractivity contribution in [1.29, 1.82) is 0 Å². The van der Waals surface area contributed by atoms with Crippen molar-refractivity contribution >= 4 is 10.8 Å². The van der Waals surface area contributed by atoms with Crippen LogP contribution in [0.4, 0.5) is 0 Å². The van der Waals surface area contributed by atoms with Crippen LogP contribution in [0.3, 0.4) is 0 Å². The maximum atomic E-state index is 10.9. The molecule has 1 rings (SSSR count). The van der Waals surface area contributed by atoms with Gasteiger partial charge in [-0.1, -0.05) is 20.3 Å². The maximum Gasteiger partial charge on any atom is 0.0266 e. The SMILES string of the molecule is CCC1CS(=O)CC1C. The lowest BCUT2D eigenvalue weighted by atomic mass is 9.96. The Morgan fingerprint density at radius 2 is 2.22 bits per heavy atom. The van der Waals surface area contributed by atoms with Crippen molar-refractivity contribution in [2.75, 3.05) is 11.5 Å². The highest BCUT2D eigenvalue weighted by Crippen LogP contribution is 2.24.